The number of aromatic nitrogens is 1. The van der Waals surface area contributed by atoms with Crippen molar-refractivity contribution >= 4 is 11.7 Å². The number of halogens is 2. The molecule has 2 aromatic carbocycles. The first-order valence-electron chi connectivity index (χ1n) is 9.93. The Morgan fingerprint density at radius 1 is 1.13 bits per heavy atom. The van der Waals surface area contributed by atoms with Gasteiger partial charge in [0, 0.05) is 23.8 Å². The predicted molar refractivity (Wildman–Crippen MR) is 116 cm³/mol. The van der Waals surface area contributed by atoms with E-state index >= 15 is 0 Å². The minimum atomic E-state index is -0.364. The molecule has 0 spiro atoms. The van der Waals surface area contributed by atoms with Crippen molar-refractivity contribution in [3.8, 4) is 6.07 Å². The molecule has 1 unspecified atom stereocenters. The lowest BCUT2D eigenvalue weighted by atomic mass is 10.1. The van der Waals surface area contributed by atoms with E-state index in [0.29, 0.717) is 23.5 Å². The number of nitrogens with zero attached hydrogens (tertiary/aromatic N) is 2. The van der Waals surface area contributed by atoms with Gasteiger partial charge in [-0.3, -0.25) is 4.79 Å². The Morgan fingerprint density at radius 2 is 1.81 bits per heavy atom. The number of nitriles is 1. The molecule has 3 aromatic rings. The molecule has 1 heterocycles. The van der Waals surface area contributed by atoms with Gasteiger partial charge in [-0.1, -0.05) is 30.3 Å². The molecular weight excluding hydrogens is 398 g/mol. The van der Waals surface area contributed by atoms with E-state index in [-0.39, 0.29) is 30.1 Å². The van der Waals surface area contributed by atoms with Crippen LogP contribution in [0.5, 0.6) is 0 Å². The van der Waals surface area contributed by atoms with Crippen molar-refractivity contribution < 1.29 is 13.6 Å². The van der Waals surface area contributed by atoms with E-state index in [2.05, 4.69) is 16.7 Å². The van der Waals surface area contributed by atoms with Gasteiger partial charge in [-0.05, 0) is 50.1 Å². The summed E-state index contributed by atoms with van der Waals surface area (Å²) in [7, 11) is 0. The summed E-state index contributed by atoms with van der Waals surface area (Å²) >= 11 is 0. The molecule has 7 heteroatoms. The second-order valence-electron chi connectivity index (χ2n) is 7.43. The summed E-state index contributed by atoms with van der Waals surface area (Å²) in [6, 6.07) is 14.3. The average Bonchev–Trinajstić information content (AvgIpc) is 2.97. The molecule has 0 radical (unpaired) electrons. The second kappa shape index (κ2) is 9.54. The fourth-order valence-corrected chi connectivity index (χ4v) is 3.46. The highest BCUT2D eigenvalue weighted by atomic mass is 19.1. The van der Waals surface area contributed by atoms with Gasteiger partial charge in [0.25, 0.3) is 0 Å². The molecular formula is C24H24F2N4O. The fraction of sp³-hybridized carbons (Fsp3) is 0.250. The number of carbonyl (C=O) groups excluding carboxylic acids is 1. The molecule has 1 amide bonds. The summed E-state index contributed by atoms with van der Waals surface area (Å²) in [5, 5.41) is 15.5. The van der Waals surface area contributed by atoms with Crippen LogP contribution < -0.4 is 10.6 Å². The van der Waals surface area contributed by atoms with Gasteiger partial charge in [0.1, 0.15) is 23.5 Å². The van der Waals surface area contributed by atoms with E-state index in [1.54, 1.807) is 37.3 Å². The fourth-order valence-electron chi connectivity index (χ4n) is 3.46. The number of carbonyl (C=O) groups is 1. The molecule has 5 nitrogen and oxygen atoms in total. The summed E-state index contributed by atoms with van der Waals surface area (Å²) in [5.41, 5.74) is 3.30. The monoisotopic (exact) mass is 422 g/mol. The van der Waals surface area contributed by atoms with Crippen LogP contribution in [0.1, 0.15) is 40.9 Å². The van der Waals surface area contributed by atoms with E-state index in [0.717, 1.165) is 16.8 Å². The van der Waals surface area contributed by atoms with Crippen LogP contribution in [0.15, 0.2) is 48.5 Å². The van der Waals surface area contributed by atoms with Gasteiger partial charge in [-0.15, -0.1) is 0 Å². The second-order valence-corrected chi connectivity index (χ2v) is 7.43. The number of hydrogen-bond acceptors (Lipinski definition) is 3. The number of nitrogens with one attached hydrogen (secondary N) is 2. The molecule has 1 atom stereocenters. The molecule has 2 N–H and O–H groups in total. The van der Waals surface area contributed by atoms with Crippen LogP contribution in [0, 0.1) is 36.8 Å². The Kier molecular flexibility index (Phi) is 6.83. The number of amides is 1. The van der Waals surface area contributed by atoms with Crippen LogP contribution in [0.25, 0.3) is 0 Å². The smallest absolute Gasteiger partial charge is 0.239 e. The Balaban J connectivity index is 1.77. The number of hydrogen-bond donors (Lipinski definition) is 2. The van der Waals surface area contributed by atoms with Crippen molar-refractivity contribution in [2.24, 2.45) is 0 Å². The topological polar surface area (TPSA) is 69.8 Å². The summed E-state index contributed by atoms with van der Waals surface area (Å²) in [5.74, 6) is -0.621. The standard InChI is InChI=1S/C24H24F2N4O/c1-15-17(3)30(14-18-8-10-19(25)11-9-18)24(21(15)12-27)29-23(31)13-28-16(2)20-6-4-5-7-22(20)26/h4-11,16,28H,13-14H2,1-3H3,(H,29,31). The first-order chi connectivity index (χ1) is 14.8. The maximum atomic E-state index is 13.9. The third kappa shape index (κ3) is 4.98. The van der Waals surface area contributed by atoms with Crippen LogP contribution in [-0.4, -0.2) is 17.0 Å². The summed E-state index contributed by atoms with van der Waals surface area (Å²) < 4.78 is 29.0. The highest BCUT2D eigenvalue weighted by Crippen LogP contribution is 2.27. The lowest BCUT2D eigenvalue weighted by Crippen LogP contribution is -2.31. The Hall–Kier alpha value is -3.50. The van der Waals surface area contributed by atoms with Gasteiger partial charge in [0.05, 0.1) is 12.1 Å². The van der Waals surface area contributed by atoms with Gasteiger partial charge < -0.3 is 15.2 Å². The van der Waals surface area contributed by atoms with Crippen LogP contribution >= 0.6 is 0 Å². The number of anilines is 1. The first-order valence-corrected chi connectivity index (χ1v) is 9.93. The molecule has 1 aromatic heterocycles. The maximum Gasteiger partial charge on any atom is 0.239 e. The molecule has 3 rings (SSSR count). The zero-order valence-electron chi connectivity index (χ0n) is 17.7. The van der Waals surface area contributed by atoms with Crippen molar-refractivity contribution in [1.82, 2.24) is 9.88 Å². The number of benzene rings is 2. The van der Waals surface area contributed by atoms with Crippen LogP contribution in [0.3, 0.4) is 0 Å². The van der Waals surface area contributed by atoms with E-state index in [4.69, 9.17) is 0 Å². The van der Waals surface area contributed by atoms with Crippen molar-refractivity contribution in [3.05, 3.63) is 88.1 Å². The largest absolute Gasteiger partial charge is 0.326 e. The maximum absolute atomic E-state index is 13.9. The predicted octanol–water partition coefficient (Wildman–Crippen LogP) is 4.59. The minimum absolute atomic E-state index is 0.0554. The average molecular weight is 422 g/mol. The van der Waals surface area contributed by atoms with Gasteiger partial charge >= 0.3 is 0 Å². The van der Waals surface area contributed by atoms with Crippen LogP contribution in [-0.2, 0) is 11.3 Å². The highest BCUT2D eigenvalue weighted by Gasteiger charge is 2.20. The third-order valence-corrected chi connectivity index (χ3v) is 5.39. The normalized spacial score (nSPS) is 11.7. The summed E-state index contributed by atoms with van der Waals surface area (Å²) in [6.07, 6.45) is 0. The lowest BCUT2D eigenvalue weighted by molar-refractivity contribution is -0.115. The van der Waals surface area contributed by atoms with Crippen molar-refractivity contribution in [3.63, 3.8) is 0 Å². The van der Waals surface area contributed by atoms with Gasteiger partial charge in [-0.2, -0.15) is 5.26 Å². The molecule has 160 valence electrons. The quantitative estimate of drug-likeness (QED) is 0.585. The van der Waals surface area contributed by atoms with E-state index in [1.165, 1.54) is 18.2 Å². The van der Waals surface area contributed by atoms with Gasteiger partial charge in [0.2, 0.25) is 5.91 Å². The SMILES string of the molecule is Cc1c(C#N)c(NC(=O)CNC(C)c2ccccc2F)n(Cc2ccc(F)cc2)c1C. The minimum Gasteiger partial charge on any atom is -0.326 e. The van der Waals surface area contributed by atoms with E-state index < -0.39 is 0 Å². The zero-order valence-corrected chi connectivity index (χ0v) is 17.7. The van der Waals surface area contributed by atoms with Crippen molar-refractivity contribution in [2.45, 2.75) is 33.4 Å². The molecule has 0 aliphatic carbocycles. The Bertz CT molecular complexity index is 1130. The van der Waals surface area contributed by atoms with Gasteiger partial charge in [0.15, 0.2) is 0 Å². The summed E-state index contributed by atoms with van der Waals surface area (Å²) in [4.78, 5) is 12.6. The van der Waals surface area contributed by atoms with Crippen LogP contribution in [0.2, 0.25) is 0 Å². The molecule has 0 bridgehead atoms. The molecule has 31 heavy (non-hydrogen) atoms. The van der Waals surface area contributed by atoms with E-state index in [1.807, 2.05) is 18.4 Å². The molecule has 0 saturated heterocycles. The zero-order chi connectivity index (χ0) is 22.5. The Morgan fingerprint density at radius 3 is 2.45 bits per heavy atom. The third-order valence-electron chi connectivity index (χ3n) is 5.39. The lowest BCUT2D eigenvalue weighted by Gasteiger charge is -2.16. The first kappa shape index (κ1) is 22.2. The van der Waals surface area contributed by atoms with Crippen LogP contribution in [0.4, 0.5) is 14.6 Å². The molecule has 0 aliphatic rings. The molecule has 0 saturated carbocycles. The summed E-state index contributed by atoms with van der Waals surface area (Å²) in [6.45, 7) is 5.79. The van der Waals surface area contributed by atoms with Crippen molar-refractivity contribution in [2.75, 3.05) is 11.9 Å². The van der Waals surface area contributed by atoms with Gasteiger partial charge in [-0.25, -0.2) is 8.78 Å². The molecule has 0 fully saturated rings. The van der Waals surface area contributed by atoms with Crippen molar-refractivity contribution in [1.29, 1.82) is 5.26 Å². The molecule has 0 aliphatic heterocycles. The van der Waals surface area contributed by atoms with E-state index in [9.17, 15) is 18.8 Å². The number of rotatable bonds is 7. The highest BCUT2D eigenvalue weighted by molar-refractivity contribution is 5.93. The Labute approximate surface area is 180 Å².